The van der Waals surface area contributed by atoms with E-state index in [1.54, 1.807) is 12.1 Å². The van der Waals surface area contributed by atoms with Crippen LogP contribution in [0.4, 0.5) is 5.69 Å². The molecule has 2 rings (SSSR count). The fraction of sp³-hybridized carbons (Fsp3) is 0.333. The van der Waals surface area contributed by atoms with E-state index in [0.717, 1.165) is 6.54 Å². The molecule has 7 heteroatoms. The van der Waals surface area contributed by atoms with Crippen LogP contribution in [0.3, 0.4) is 0 Å². The van der Waals surface area contributed by atoms with Gasteiger partial charge in [-0.05, 0) is 49.6 Å². The number of rotatable bonds is 7. The highest BCUT2D eigenvalue weighted by atomic mass is 127. The number of nitrogens with zero attached hydrogens (tertiary/aromatic N) is 1. The molecule has 1 unspecified atom stereocenters. The van der Waals surface area contributed by atoms with Crippen molar-refractivity contribution in [2.75, 3.05) is 25.0 Å². The molecule has 0 bridgehead atoms. The molecule has 0 fully saturated rings. The van der Waals surface area contributed by atoms with Gasteiger partial charge in [-0.1, -0.05) is 36.8 Å². The van der Waals surface area contributed by atoms with Gasteiger partial charge >= 0.3 is 0 Å². The van der Waals surface area contributed by atoms with Gasteiger partial charge in [0.05, 0.1) is 0 Å². The van der Waals surface area contributed by atoms with Gasteiger partial charge in [-0.3, -0.25) is 4.79 Å². The number of aromatic hydroxyl groups is 1. The molecule has 0 radical (unpaired) electrons. The summed E-state index contributed by atoms with van der Waals surface area (Å²) in [6, 6.07) is 14.8. The molecule has 0 heterocycles. The molecule has 0 saturated heterocycles. The zero-order chi connectivity index (χ0) is 19.6. The van der Waals surface area contributed by atoms with E-state index in [2.05, 4.69) is 59.1 Å². The monoisotopic (exact) mass is 496 g/mol. The Morgan fingerprint density at radius 2 is 1.86 bits per heavy atom. The Bertz CT molecular complexity index is 778. The number of phenols is 1. The number of aryl methyl sites for hydroxylation is 1. The van der Waals surface area contributed by atoms with Gasteiger partial charge in [0.15, 0.2) is 5.96 Å². The van der Waals surface area contributed by atoms with Crippen LogP contribution in [0.1, 0.15) is 30.9 Å². The third-order valence-electron chi connectivity index (χ3n) is 4.06. The summed E-state index contributed by atoms with van der Waals surface area (Å²) in [5.41, 5.74) is 3.13. The molecule has 6 nitrogen and oxygen atoms in total. The minimum atomic E-state index is -0.218. The summed E-state index contributed by atoms with van der Waals surface area (Å²) in [7, 11) is 0. The number of nitrogens with one attached hydrogen (secondary N) is 3. The SMILES string of the molecule is CCNC(=NCC(=O)Nc1ccc(O)cc1)NCC(C)c1cccc(C)c1.I. The Balaban J connectivity index is 0.00000392. The fourth-order valence-corrected chi connectivity index (χ4v) is 2.58. The van der Waals surface area contributed by atoms with Gasteiger partial charge in [-0.25, -0.2) is 4.99 Å². The molecule has 0 spiro atoms. The van der Waals surface area contributed by atoms with Crippen molar-refractivity contribution >= 4 is 41.5 Å². The number of aliphatic imine (C=N–C) groups is 1. The Labute approximate surface area is 183 Å². The van der Waals surface area contributed by atoms with Gasteiger partial charge < -0.3 is 21.1 Å². The van der Waals surface area contributed by atoms with E-state index in [4.69, 9.17) is 0 Å². The molecule has 0 aromatic heterocycles. The number of hydrogen-bond acceptors (Lipinski definition) is 3. The van der Waals surface area contributed by atoms with Crippen LogP contribution in [-0.4, -0.2) is 36.6 Å². The van der Waals surface area contributed by atoms with E-state index in [1.165, 1.54) is 23.3 Å². The summed E-state index contributed by atoms with van der Waals surface area (Å²) in [6.07, 6.45) is 0. The first-order chi connectivity index (χ1) is 13.0. The van der Waals surface area contributed by atoms with Crippen LogP contribution in [-0.2, 0) is 4.79 Å². The largest absolute Gasteiger partial charge is 0.508 e. The molecule has 28 heavy (non-hydrogen) atoms. The maximum atomic E-state index is 12.1. The number of anilines is 1. The number of carbonyl (C=O) groups is 1. The first-order valence-electron chi connectivity index (χ1n) is 9.15. The second kappa shape index (κ2) is 12.2. The van der Waals surface area contributed by atoms with Crippen LogP contribution in [0.15, 0.2) is 53.5 Å². The lowest BCUT2D eigenvalue weighted by Gasteiger charge is -2.16. The van der Waals surface area contributed by atoms with Crippen LogP contribution >= 0.6 is 24.0 Å². The standard InChI is InChI=1S/C21H28N4O2.HI/c1-4-22-21(23-13-16(3)17-7-5-6-15(2)12-17)24-14-20(27)25-18-8-10-19(26)11-9-18;/h5-12,16,26H,4,13-14H2,1-3H3,(H,25,27)(H2,22,23,24);1H. The zero-order valence-corrected chi connectivity index (χ0v) is 18.9. The quantitative estimate of drug-likeness (QED) is 0.204. The smallest absolute Gasteiger partial charge is 0.246 e. The number of phenolic OH excluding ortho intramolecular Hbond substituents is 1. The van der Waals surface area contributed by atoms with E-state index in [9.17, 15) is 9.90 Å². The minimum Gasteiger partial charge on any atom is -0.508 e. The third kappa shape index (κ3) is 8.16. The summed E-state index contributed by atoms with van der Waals surface area (Å²) in [6.45, 7) is 7.66. The van der Waals surface area contributed by atoms with Crippen molar-refractivity contribution in [3.05, 3.63) is 59.7 Å². The zero-order valence-electron chi connectivity index (χ0n) is 16.5. The number of amides is 1. The number of hydrogen-bond donors (Lipinski definition) is 4. The van der Waals surface area contributed by atoms with Gasteiger partial charge in [-0.2, -0.15) is 0 Å². The van der Waals surface area contributed by atoms with E-state index in [-0.39, 0.29) is 42.2 Å². The minimum absolute atomic E-state index is 0. The second-order valence-corrected chi connectivity index (χ2v) is 6.49. The maximum Gasteiger partial charge on any atom is 0.246 e. The third-order valence-corrected chi connectivity index (χ3v) is 4.06. The summed E-state index contributed by atoms with van der Waals surface area (Å²) < 4.78 is 0. The molecular formula is C21H29IN4O2. The summed E-state index contributed by atoms with van der Waals surface area (Å²) in [5, 5.41) is 18.5. The van der Waals surface area contributed by atoms with Crippen LogP contribution < -0.4 is 16.0 Å². The first-order valence-corrected chi connectivity index (χ1v) is 9.15. The highest BCUT2D eigenvalue weighted by Crippen LogP contribution is 2.15. The van der Waals surface area contributed by atoms with E-state index in [1.807, 2.05) is 6.92 Å². The molecule has 0 aliphatic carbocycles. The number of benzene rings is 2. The molecule has 2 aromatic rings. The van der Waals surface area contributed by atoms with Crippen molar-refractivity contribution in [2.45, 2.75) is 26.7 Å². The molecular weight excluding hydrogens is 467 g/mol. The van der Waals surface area contributed by atoms with Gasteiger partial charge in [0.2, 0.25) is 5.91 Å². The molecule has 0 aliphatic rings. The van der Waals surface area contributed by atoms with Crippen molar-refractivity contribution in [3.63, 3.8) is 0 Å². The van der Waals surface area contributed by atoms with Crippen molar-refractivity contribution in [2.24, 2.45) is 4.99 Å². The first kappa shape index (κ1) is 23.7. The Morgan fingerprint density at radius 3 is 2.50 bits per heavy atom. The highest BCUT2D eigenvalue weighted by Gasteiger charge is 2.08. The van der Waals surface area contributed by atoms with Crippen molar-refractivity contribution < 1.29 is 9.90 Å². The average Bonchev–Trinajstić information content (AvgIpc) is 2.65. The van der Waals surface area contributed by atoms with Crippen LogP contribution in [0, 0.1) is 6.92 Å². The van der Waals surface area contributed by atoms with Gasteiger partial charge in [-0.15, -0.1) is 24.0 Å². The Hall–Kier alpha value is -2.29. The lowest BCUT2D eigenvalue weighted by atomic mass is 9.99. The molecule has 0 aliphatic heterocycles. The normalized spacial score (nSPS) is 11.9. The molecule has 152 valence electrons. The summed E-state index contributed by atoms with van der Waals surface area (Å²) in [5.74, 6) is 0.870. The van der Waals surface area contributed by atoms with E-state index < -0.39 is 0 Å². The van der Waals surface area contributed by atoms with E-state index >= 15 is 0 Å². The van der Waals surface area contributed by atoms with Crippen LogP contribution in [0.25, 0.3) is 0 Å². The Morgan fingerprint density at radius 1 is 1.14 bits per heavy atom. The highest BCUT2D eigenvalue weighted by molar-refractivity contribution is 14.0. The maximum absolute atomic E-state index is 12.1. The molecule has 2 aromatic carbocycles. The van der Waals surface area contributed by atoms with Gasteiger partial charge in [0.1, 0.15) is 12.3 Å². The number of guanidine groups is 1. The lowest BCUT2D eigenvalue weighted by Crippen LogP contribution is -2.39. The second-order valence-electron chi connectivity index (χ2n) is 6.49. The molecule has 1 amide bonds. The van der Waals surface area contributed by atoms with Crippen LogP contribution in [0.5, 0.6) is 5.75 Å². The lowest BCUT2D eigenvalue weighted by molar-refractivity contribution is -0.114. The Kier molecular flexibility index (Phi) is 10.4. The predicted octanol–water partition coefficient (Wildman–Crippen LogP) is 3.62. The molecule has 1 atom stereocenters. The molecule has 0 saturated carbocycles. The fourth-order valence-electron chi connectivity index (χ4n) is 2.58. The summed E-state index contributed by atoms with van der Waals surface area (Å²) >= 11 is 0. The van der Waals surface area contributed by atoms with Crippen LogP contribution in [0.2, 0.25) is 0 Å². The number of halogens is 1. The van der Waals surface area contributed by atoms with Gasteiger partial charge in [0, 0.05) is 18.8 Å². The van der Waals surface area contributed by atoms with Crippen molar-refractivity contribution in [1.82, 2.24) is 10.6 Å². The van der Waals surface area contributed by atoms with E-state index in [0.29, 0.717) is 24.1 Å². The van der Waals surface area contributed by atoms with Gasteiger partial charge in [0.25, 0.3) is 0 Å². The molecule has 4 N–H and O–H groups in total. The number of carbonyl (C=O) groups excluding carboxylic acids is 1. The predicted molar refractivity (Wildman–Crippen MR) is 126 cm³/mol. The topological polar surface area (TPSA) is 85.8 Å². The average molecular weight is 496 g/mol. The van der Waals surface area contributed by atoms with Crippen molar-refractivity contribution in [3.8, 4) is 5.75 Å². The summed E-state index contributed by atoms with van der Waals surface area (Å²) in [4.78, 5) is 16.4. The van der Waals surface area contributed by atoms with Crippen molar-refractivity contribution in [1.29, 1.82) is 0 Å².